The van der Waals surface area contributed by atoms with Gasteiger partial charge in [-0.2, -0.15) is 5.26 Å². The number of halogens is 1. The zero-order chi connectivity index (χ0) is 23.4. The monoisotopic (exact) mass is 442 g/mol. The SMILES string of the molecule is COc1c(N2CCC(C(N)C(C)(C)C#N)C2)c(F)cc2c(=O)c(C(=O)O)cn(C3CC3)c12. The molecular formula is C23H27FN4O4. The third kappa shape index (κ3) is 3.48. The van der Waals surface area contributed by atoms with Gasteiger partial charge in [-0.1, -0.05) is 0 Å². The van der Waals surface area contributed by atoms with Crippen LogP contribution in [0.1, 0.15) is 49.5 Å². The van der Waals surface area contributed by atoms with Crippen LogP contribution in [0.3, 0.4) is 0 Å². The molecule has 1 saturated heterocycles. The van der Waals surface area contributed by atoms with E-state index >= 15 is 4.39 Å². The molecule has 3 N–H and O–H groups in total. The Morgan fingerprint density at radius 1 is 1.41 bits per heavy atom. The van der Waals surface area contributed by atoms with Crippen LogP contribution in [-0.4, -0.2) is 41.9 Å². The molecule has 2 atom stereocenters. The Kier molecular flexibility index (Phi) is 5.37. The van der Waals surface area contributed by atoms with E-state index in [0.29, 0.717) is 25.0 Å². The predicted octanol–water partition coefficient (Wildman–Crippen LogP) is 2.89. The van der Waals surface area contributed by atoms with E-state index in [-0.39, 0.29) is 40.4 Å². The Morgan fingerprint density at radius 3 is 2.66 bits per heavy atom. The average Bonchev–Trinajstić information content (AvgIpc) is 3.49. The van der Waals surface area contributed by atoms with Crippen molar-refractivity contribution in [2.24, 2.45) is 17.1 Å². The van der Waals surface area contributed by atoms with Crippen LogP contribution < -0.4 is 20.8 Å². The first-order valence-corrected chi connectivity index (χ1v) is 10.7. The number of hydrogen-bond donors (Lipinski definition) is 2. The summed E-state index contributed by atoms with van der Waals surface area (Å²) in [4.78, 5) is 26.3. The van der Waals surface area contributed by atoms with Crippen LogP contribution in [0.15, 0.2) is 17.1 Å². The van der Waals surface area contributed by atoms with Gasteiger partial charge < -0.3 is 25.0 Å². The molecule has 2 aromatic rings. The molecule has 2 unspecified atom stereocenters. The predicted molar refractivity (Wildman–Crippen MR) is 118 cm³/mol. The highest BCUT2D eigenvalue weighted by molar-refractivity contribution is 5.97. The number of pyridine rings is 1. The summed E-state index contributed by atoms with van der Waals surface area (Å²) in [5, 5.41) is 18.9. The minimum atomic E-state index is -1.34. The first-order chi connectivity index (χ1) is 15.1. The molecule has 8 nitrogen and oxygen atoms in total. The molecule has 0 bridgehead atoms. The Hall–Kier alpha value is -3.12. The molecule has 32 heavy (non-hydrogen) atoms. The Bertz CT molecular complexity index is 1200. The van der Waals surface area contributed by atoms with Crippen molar-refractivity contribution in [2.75, 3.05) is 25.1 Å². The van der Waals surface area contributed by atoms with E-state index in [1.54, 1.807) is 18.4 Å². The summed E-state index contributed by atoms with van der Waals surface area (Å²) in [6.45, 7) is 4.57. The second kappa shape index (κ2) is 7.78. The van der Waals surface area contributed by atoms with Crippen molar-refractivity contribution in [1.29, 1.82) is 5.26 Å². The standard InChI is InChI=1S/C23H27FN4O4/c1-23(2,11-25)21(26)12-6-7-27(9-12)18-16(24)8-14-17(20(18)32-3)28(13-4-5-13)10-15(19(14)29)22(30)31/h8,10,12-13,21H,4-7,9,26H2,1-3H3,(H,30,31). The average molecular weight is 442 g/mol. The number of nitrogens with two attached hydrogens (primary N) is 1. The van der Waals surface area contributed by atoms with Crippen LogP contribution in [0, 0.1) is 28.5 Å². The molecule has 2 heterocycles. The van der Waals surface area contributed by atoms with Gasteiger partial charge in [-0.25, -0.2) is 9.18 Å². The molecule has 0 spiro atoms. The molecule has 2 aliphatic rings. The number of anilines is 1. The molecule has 1 aromatic heterocycles. The molecule has 9 heteroatoms. The highest BCUT2D eigenvalue weighted by Crippen LogP contribution is 2.45. The van der Waals surface area contributed by atoms with Crippen LogP contribution >= 0.6 is 0 Å². The minimum absolute atomic E-state index is 0.00652. The molecule has 0 radical (unpaired) electrons. The highest BCUT2D eigenvalue weighted by atomic mass is 19.1. The van der Waals surface area contributed by atoms with Gasteiger partial charge in [0.1, 0.15) is 11.3 Å². The highest BCUT2D eigenvalue weighted by Gasteiger charge is 2.39. The molecular weight excluding hydrogens is 415 g/mol. The summed E-state index contributed by atoms with van der Waals surface area (Å²) < 4.78 is 22.8. The third-order valence-corrected chi connectivity index (χ3v) is 6.74. The fraction of sp³-hybridized carbons (Fsp3) is 0.522. The lowest BCUT2D eigenvalue weighted by Crippen LogP contribution is -2.43. The molecule has 0 amide bonds. The number of nitriles is 1. The number of rotatable bonds is 6. The fourth-order valence-corrected chi connectivity index (χ4v) is 4.67. The Labute approximate surface area is 185 Å². The lowest BCUT2D eigenvalue weighted by atomic mass is 9.79. The second-order valence-electron chi connectivity index (χ2n) is 9.31. The van der Waals surface area contributed by atoms with Crippen molar-refractivity contribution in [1.82, 2.24) is 4.57 Å². The van der Waals surface area contributed by atoms with Gasteiger partial charge in [0.2, 0.25) is 5.43 Å². The second-order valence-corrected chi connectivity index (χ2v) is 9.31. The van der Waals surface area contributed by atoms with E-state index < -0.39 is 22.6 Å². The van der Waals surface area contributed by atoms with E-state index in [9.17, 15) is 20.0 Å². The van der Waals surface area contributed by atoms with Crippen molar-refractivity contribution in [3.63, 3.8) is 0 Å². The van der Waals surface area contributed by atoms with Crippen molar-refractivity contribution in [2.45, 2.75) is 45.2 Å². The number of carboxylic acids is 1. The first kappa shape index (κ1) is 22.1. The molecule has 4 rings (SSSR count). The van der Waals surface area contributed by atoms with Crippen molar-refractivity contribution in [3.8, 4) is 11.8 Å². The zero-order valence-electron chi connectivity index (χ0n) is 18.4. The summed E-state index contributed by atoms with van der Waals surface area (Å²) in [5.74, 6) is -1.78. The van der Waals surface area contributed by atoms with Gasteiger partial charge in [0.15, 0.2) is 11.6 Å². The Morgan fingerprint density at radius 2 is 2.09 bits per heavy atom. The molecule has 1 aliphatic heterocycles. The number of carboxylic acid groups (broad SMARTS) is 1. The molecule has 1 saturated carbocycles. The zero-order valence-corrected chi connectivity index (χ0v) is 18.4. The number of benzene rings is 1. The lowest BCUT2D eigenvalue weighted by Gasteiger charge is -2.30. The maximum absolute atomic E-state index is 15.4. The lowest BCUT2D eigenvalue weighted by molar-refractivity contribution is 0.0695. The van der Waals surface area contributed by atoms with Crippen LogP contribution in [0.2, 0.25) is 0 Å². The number of nitrogens with zero attached hydrogens (tertiary/aromatic N) is 3. The maximum Gasteiger partial charge on any atom is 0.341 e. The van der Waals surface area contributed by atoms with E-state index in [1.807, 2.05) is 4.90 Å². The quantitative estimate of drug-likeness (QED) is 0.705. The molecule has 170 valence electrons. The summed E-state index contributed by atoms with van der Waals surface area (Å²) >= 11 is 0. The van der Waals surface area contributed by atoms with Crippen molar-refractivity contribution in [3.05, 3.63) is 33.9 Å². The molecule has 1 aliphatic carbocycles. The number of fused-ring (bicyclic) bond motifs is 1. The van der Waals surface area contributed by atoms with E-state index in [2.05, 4.69) is 6.07 Å². The van der Waals surface area contributed by atoms with Crippen molar-refractivity contribution < 1.29 is 19.0 Å². The number of aromatic nitrogens is 1. The summed E-state index contributed by atoms with van der Waals surface area (Å²) in [6.07, 6.45) is 3.72. The van der Waals surface area contributed by atoms with Crippen LogP contribution in [0.5, 0.6) is 5.75 Å². The molecule has 2 fully saturated rings. The number of methoxy groups -OCH3 is 1. The van der Waals surface area contributed by atoms with Crippen LogP contribution in [0.25, 0.3) is 10.9 Å². The van der Waals surface area contributed by atoms with Gasteiger partial charge >= 0.3 is 5.97 Å². The topological polar surface area (TPSA) is 122 Å². The largest absolute Gasteiger partial charge is 0.492 e. The molecule has 1 aromatic carbocycles. The summed E-state index contributed by atoms with van der Waals surface area (Å²) in [7, 11) is 1.42. The van der Waals surface area contributed by atoms with E-state index in [0.717, 1.165) is 18.9 Å². The van der Waals surface area contributed by atoms with Gasteiger partial charge in [0.25, 0.3) is 0 Å². The normalized spacial score (nSPS) is 19.8. The Balaban J connectivity index is 1.85. The van der Waals surface area contributed by atoms with Crippen molar-refractivity contribution >= 4 is 22.6 Å². The minimum Gasteiger partial charge on any atom is -0.492 e. The van der Waals surface area contributed by atoms with Gasteiger partial charge in [0, 0.05) is 31.4 Å². The van der Waals surface area contributed by atoms with E-state index in [4.69, 9.17) is 10.5 Å². The first-order valence-electron chi connectivity index (χ1n) is 10.7. The number of hydrogen-bond acceptors (Lipinski definition) is 6. The van der Waals surface area contributed by atoms with Gasteiger partial charge in [0.05, 0.1) is 29.5 Å². The number of aromatic carboxylic acids is 1. The third-order valence-electron chi connectivity index (χ3n) is 6.74. The van der Waals surface area contributed by atoms with Gasteiger partial charge in [-0.3, -0.25) is 4.79 Å². The smallest absolute Gasteiger partial charge is 0.341 e. The fourth-order valence-electron chi connectivity index (χ4n) is 4.67. The van der Waals surface area contributed by atoms with Crippen LogP contribution in [-0.2, 0) is 0 Å². The van der Waals surface area contributed by atoms with Crippen LogP contribution in [0.4, 0.5) is 10.1 Å². The number of carbonyl (C=O) groups is 1. The van der Waals surface area contributed by atoms with Gasteiger partial charge in [-0.15, -0.1) is 0 Å². The summed E-state index contributed by atoms with van der Waals surface area (Å²) in [5.41, 5.74) is 5.18. The maximum atomic E-state index is 15.4. The number of ether oxygens (including phenoxy) is 1. The van der Waals surface area contributed by atoms with Gasteiger partial charge in [-0.05, 0) is 45.1 Å². The van der Waals surface area contributed by atoms with E-state index in [1.165, 1.54) is 13.3 Å². The summed E-state index contributed by atoms with van der Waals surface area (Å²) in [6, 6.07) is 3.03.